The standard InChI is InChI=1S/C7H13BO2/c1-4-5-10-6(9)7(2,3)8/h4H,1,5,8H2,2-3H3. The van der Waals surface area contributed by atoms with Crippen molar-refractivity contribution >= 4 is 13.8 Å². The third-order valence-corrected chi connectivity index (χ3v) is 0.945. The predicted molar refractivity (Wildman–Crippen MR) is 43.7 cm³/mol. The quantitative estimate of drug-likeness (QED) is 0.325. The molecule has 0 bridgehead atoms. The molecule has 0 saturated heterocycles. The maximum atomic E-state index is 11.0. The highest BCUT2D eigenvalue weighted by atomic mass is 16.5. The lowest BCUT2D eigenvalue weighted by Crippen LogP contribution is -2.20. The molecule has 3 heteroatoms. The molecule has 0 aromatic rings. The van der Waals surface area contributed by atoms with Crippen molar-refractivity contribution in [3.8, 4) is 0 Å². The molecule has 0 spiro atoms. The SMILES string of the molecule is BC(C)(C)C(=O)OCC=C. The molecule has 0 amide bonds. The van der Waals surface area contributed by atoms with Crippen LogP contribution in [-0.2, 0) is 9.53 Å². The maximum Gasteiger partial charge on any atom is 0.303 e. The average Bonchev–Trinajstić information content (AvgIpc) is 1.80. The van der Waals surface area contributed by atoms with Gasteiger partial charge in [-0.1, -0.05) is 26.5 Å². The Balaban J connectivity index is 3.74. The molecule has 0 saturated carbocycles. The van der Waals surface area contributed by atoms with Crippen molar-refractivity contribution in [3.63, 3.8) is 0 Å². The van der Waals surface area contributed by atoms with Crippen molar-refractivity contribution in [2.24, 2.45) is 0 Å². The van der Waals surface area contributed by atoms with Crippen molar-refractivity contribution in [2.75, 3.05) is 6.61 Å². The van der Waals surface area contributed by atoms with Crippen LogP contribution in [-0.4, -0.2) is 20.4 Å². The lowest BCUT2D eigenvalue weighted by molar-refractivity contribution is -0.145. The van der Waals surface area contributed by atoms with Gasteiger partial charge in [-0.3, -0.25) is 4.79 Å². The average molecular weight is 140 g/mol. The topological polar surface area (TPSA) is 26.3 Å². The van der Waals surface area contributed by atoms with Crippen LogP contribution in [0.5, 0.6) is 0 Å². The molecule has 0 aliphatic rings. The molecule has 0 heterocycles. The lowest BCUT2D eigenvalue weighted by atomic mass is 9.73. The molecule has 10 heavy (non-hydrogen) atoms. The second-order valence-corrected chi connectivity index (χ2v) is 3.14. The van der Waals surface area contributed by atoms with Crippen LogP contribution < -0.4 is 0 Å². The van der Waals surface area contributed by atoms with Crippen molar-refractivity contribution in [3.05, 3.63) is 12.7 Å². The summed E-state index contributed by atoms with van der Waals surface area (Å²) in [6.07, 6.45) is 1.56. The Labute approximate surface area is 62.7 Å². The van der Waals surface area contributed by atoms with Crippen LogP contribution in [0.2, 0.25) is 5.31 Å². The highest BCUT2D eigenvalue weighted by Gasteiger charge is 2.22. The van der Waals surface area contributed by atoms with Crippen LogP contribution in [0.1, 0.15) is 13.8 Å². The molecule has 0 aliphatic heterocycles. The monoisotopic (exact) mass is 140 g/mol. The number of hydrogen-bond donors (Lipinski definition) is 0. The predicted octanol–water partition coefficient (Wildman–Crippen LogP) is 0.547. The zero-order chi connectivity index (χ0) is 8.20. The van der Waals surface area contributed by atoms with Gasteiger partial charge in [-0.05, 0) is 0 Å². The van der Waals surface area contributed by atoms with E-state index < -0.39 is 5.31 Å². The largest absolute Gasteiger partial charge is 0.462 e. The summed E-state index contributed by atoms with van der Waals surface area (Å²) >= 11 is 0. The first-order valence-electron chi connectivity index (χ1n) is 3.26. The fourth-order valence-electron chi connectivity index (χ4n) is 0.351. The molecule has 0 atom stereocenters. The highest BCUT2D eigenvalue weighted by molar-refractivity contribution is 6.26. The van der Waals surface area contributed by atoms with E-state index in [-0.39, 0.29) is 5.97 Å². The number of rotatable bonds is 3. The molecule has 0 aromatic heterocycles. The molecule has 0 rings (SSSR count). The fourth-order valence-corrected chi connectivity index (χ4v) is 0.351. The summed E-state index contributed by atoms with van der Waals surface area (Å²) in [4.78, 5) is 11.0. The van der Waals surface area contributed by atoms with Crippen LogP contribution in [0.25, 0.3) is 0 Å². The van der Waals surface area contributed by atoms with Crippen molar-refractivity contribution < 1.29 is 9.53 Å². The zero-order valence-electron chi connectivity index (χ0n) is 6.81. The second kappa shape index (κ2) is 3.45. The first-order valence-corrected chi connectivity index (χ1v) is 3.26. The van der Waals surface area contributed by atoms with Crippen LogP contribution in [0.3, 0.4) is 0 Å². The summed E-state index contributed by atoms with van der Waals surface area (Å²) in [6.45, 7) is 7.37. The minimum atomic E-state index is -0.400. The van der Waals surface area contributed by atoms with Gasteiger partial charge in [-0.25, -0.2) is 0 Å². The smallest absolute Gasteiger partial charge is 0.303 e. The van der Waals surface area contributed by atoms with Gasteiger partial charge in [0.15, 0.2) is 0 Å². The van der Waals surface area contributed by atoms with E-state index in [0.717, 1.165) is 0 Å². The Morgan fingerprint density at radius 2 is 2.30 bits per heavy atom. The van der Waals surface area contributed by atoms with Gasteiger partial charge < -0.3 is 4.74 Å². The highest BCUT2D eigenvalue weighted by Crippen LogP contribution is 2.19. The Morgan fingerprint density at radius 1 is 1.80 bits per heavy atom. The number of carbonyl (C=O) groups excluding carboxylic acids is 1. The maximum absolute atomic E-state index is 11.0. The number of esters is 1. The van der Waals surface area contributed by atoms with Gasteiger partial charge in [0, 0.05) is 5.31 Å². The molecule has 2 nitrogen and oxygen atoms in total. The van der Waals surface area contributed by atoms with E-state index in [2.05, 4.69) is 6.58 Å². The molecule has 0 unspecified atom stereocenters. The lowest BCUT2D eigenvalue weighted by Gasteiger charge is -2.15. The minimum absolute atomic E-state index is 0.188. The Bertz CT molecular complexity index is 135. The fraction of sp³-hybridized carbons (Fsp3) is 0.571. The van der Waals surface area contributed by atoms with Gasteiger partial charge in [-0.2, -0.15) is 0 Å². The van der Waals surface area contributed by atoms with Gasteiger partial charge in [0.1, 0.15) is 14.5 Å². The van der Waals surface area contributed by atoms with E-state index in [4.69, 9.17) is 4.74 Å². The Morgan fingerprint density at radius 3 is 2.60 bits per heavy atom. The second-order valence-electron chi connectivity index (χ2n) is 3.14. The number of ether oxygens (including phenoxy) is 1. The van der Waals surface area contributed by atoms with Gasteiger partial charge in [0.25, 0.3) is 0 Å². The van der Waals surface area contributed by atoms with E-state index >= 15 is 0 Å². The molecule has 0 aromatic carbocycles. The molecule has 0 aliphatic carbocycles. The minimum Gasteiger partial charge on any atom is -0.462 e. The Hall–Kier alpha value is -0.725. The van der Waals surface area contributed by atoms with Gasteiger partial charge in [0.2, 0.25) is 0 Å². The molecule has 56 valence electrons. The van der Waals surface area contributed by atoms with Crippen LogP contribution in [0.15, 0.2) is 12.7 Å². The van der Waals surface area contributed by atoms with E-state index in [1.165, 1.54) is 0 Å². The summed E-state index contributed by atoms with van der Waals surface area (Å²) < 4.78 is 4.80. The van der Waals surface area contributed by atoms with Crippen molar-refractivity contribution in [2.45, 2.75) is 19.2 Å². The van der Waals surface area contributed by atoms with Crippen LogP contribution in [0.4, 0.5) is 0 Å². The summed E-state index contributed by atoms with van der Waals surface area (Å²) in [7, 11) is 1.82. The normalized spacial score (nSPS) is 10.6. The third kappa shape index (κ3) is 3.33. The van der Waals surface area contributed by atoms with Gasteiger partial charge >= 0.3 is 5.97 Å². The summed E-state index contributed by atoms with van der Waals surface area (Å²) in [5.41, 5.74) is 0. The van der Waals surface area contributed by atoms with Gasteiger partial charge in [0.05, 0.1) is 0 Å². The first kappa shape index (κ1) is 9.27. The Kier molecular flexibility index (Phi) is 3.20. The summed E-state index contributed by atoms with van der Waals surface area (Å²) in [5.74, 6) is -0.188. The zero-order valence-corrected chi connectivity index (χ0v) is 6.81. The van der Waals surface area contributed by atoms with E-state index in [9.17, 15) is 4.79 Å². The molecule has 0 radical (unpaired) electrons. The molecular weight excluding hydrogens is 127 g/mol. The molecular formula is C7H13BO2. The van der Waals surface area contributed by atoms with Crippen molar-refractivity contribution in [1.29, 1.82) is 0 Å². The van der Waals surface area contributed by atoms with E-state index in [1.807, 2.05) is 21.7 Å². The van der Waals surface area contributed by atoms with Crippen molar-refractivity contribution in [1.82, 2.24) is 0 Å². The number of carbonyl (C=O) groups is 1. The van der Waals surface area contributed by atoms with E-state index in [1.54, 1.807) is 6.08 Å². The number of hydrogen-bond acceptors (Lipinski definition) is 2. The molecule has 0 fully saturated rings. The third-order valence-electron chi connectivity index (χ3n) is 0.945. The van der Waals surface area contributed by atoms with Gasteiger partial charge in [-0.15, -0.1) is 0 Å². The summed E-state index contributed by atoms with van der Waals surface area (Å²) in [5, 5.41) is -0.400. The van der Waals surface area contributed by atoms with Crippen LogP contribution >= 0.6 is 0 Å². The first-order chi connectivity index (χ1) is 4.48. The van der Waals surface area contributed by atoms with Crippen LogP contribution in [0, 0.1) is 0 Å². The molecule has 0 N–H and O–H groups in total. The summed E-state index contributed by atoms with van der Waals surface area (Å²) in [6, 6.07) is 0. The van der Waals surface area contributed by atoms with E-state index in [0.29, 0.717) is 6.61 Å².